The molecule has 0 saturated carbocycles. The second kappa shape index (κ2) is 7.60. The van der Waals surface area contributed by atoms with Crippen molar-refractivity contribution < 1.29 is 9.31 Å². The molecule has 0 unspecified atom stereocenters. The minimum atomic E-state index is 0.610. The van der Waals surface area contributed by atoms with Crippen LogP contribution in [-0.2, 0) is 12.8 Å². The molecule has 2 aromatic carbocycles. The van der Waals surface area contributed by atoms with Crippen molar-refractivity contribution in [3.8, 4) is 22.6 Å². The Balaban J connectivity index is 2.54. The average Bonchev–Trinajstić information content (AvgIpc) is 2.55. The van der Waals surface area contributed by atoms with Crippen LogP contribution in [0.5, 0.6) is 11.5 Å². The Kier molecular flexibility index (Phi) is 5.54. The van der Waals surface area contributed by atoms with Crippen LogP contribution in [0, 0.1) is 0 Å². The summed E-state index contributed by atoms with van der Waals surface area (Å²) in [5.41, 5.74) is 3.97. The van der Waals surface area contributed by atoms with Crippen LogP contribution in [0.2, 0.25) is 0 Å². The Labute approximate surface area is 134 Å². The van der Waals surface area contributed by atoms with Crippen molar-refractivity contribution in [1.29, 1.82) is 0 Å². The van der Waals surface area contributed by atoms with Crippen molar-refractivity contribution in [2.24, 2.45) is 0 Å². The molecule has 2 rings (SSSR count). The molecule has 0 aliphatic heterocycles. The van der Waals surface area contributed by atoms with Gasteiger partial charge in [-0.15, -0.1) is 13.2 Å². The zero-order valence-corrected chi connectivity index (χ0v) is 12.4. The molecule has 0 spiro atoms. The molecule has 0 heterocycles. The molecule has 2 nitrogen and oxygen atoms in total. The second-order valence-corrected chi connectivity index (χ2v) is 4.87. The van der Waals surface area contributed by atoms with E-state index in [1.165, 1.54) is 0 Å². The van der Waals surface area contributed by atoms with Crippen LogP contribution in [0.1, 0.15) is 11.1 Å². The summed E-state index contributed by atoms with van der Waals surface area (Å²) in [5, 5.41) is 0. The number of allylic oxidation sites excluding steroid dienone is 2. The first-order chi connectivity index (χ1) is 10.7. The van der Waals surface area contributed by atoms with Gasteiger partial charge in [-0.1, -0.05) is 24.3 Å². The van der Waals surface area contributed by atoms with Gasteiger partial charge >= 0.3 is 16.1 Å². The summed E-state index contributed by atoms with van der Waals surface area (Å²) in [6, 6.07) is 11.6. The Morgan fingerprint density at radius 1 is 0.864 bits per heavy atom. The van der Waals surface area contributed by atoms with Crippen LogP contribution in [0.15, 0.2) is 61.7 Å². The van der Waals surface area contributed by atoms with Crippen molar-refractivity contribution in [2.45, 2.75) is 12.8 Å². The van der Waals surface area contributed by atoms with E-state index in [9.17, 15) is 0 Å². The third-order valence-electron chi connectivity index (χ3n) is 3.41. The molecule has 0 aromatic heterocycles. The van der Waals surface area contributed by atoms with E-state index < -0.39 is 0 Å². The molecule has 0 aliphatic rings. The zero-order chi connectivity index (χ0) is 15.9. The smallest absolute Gasteiger partial charge is 0.374 e. The molecule has 22 heavy (non-hydrogen) atoms. The number of hydrogen-bond acceptors (Lipinski definition) is 2. The van der Waals surface area contributed by atoms with Gasteiger partial charge in [0.05, 0.1) is 0 Å². The Morgan fingerprint density at radius 3 is 2.18 bits per heavy atom. The number of rotatable bonds is 7. The molecule has 0 aliphatic carbocycles. The first-order valence-electron chi connectivity index (χ1n) is 6.95. The highest BCUT2D eigenvalue weighted by molar-refractivity contribution is 6.01. The topological polar surface area (TPSA) is 18.5 Å². The molecule has 4 radical (unpaired) electrons. The summed E-state index contributed by atoms with van der Waals surface area (Å²) in [6.07, 6.45) is 5.10. The quantitative estimate of drug-likeness (QED) is 0.570. The van der Waals surface area contributed by atoms with E-state index in [1.54, 1.807) is 6.08 Å². The summed E-state index contributed by atoms with van der Waals surface area (Å²) in [7, 11) is 10.7. The molecule has 4 heteroatoms. The summed E-state index contributed by atoms with van der Waals surface area (Å²) >= 11 is 0. The SMILES string of the molecule is [B]Oc1ccc(-c2cc(CC=C)ccc2O[B])cc1CC=C. The molecule has 0 N–H and O–H groups in total. The van der Waals surface area contributed by atoms with Crippen LogP contribution in [0.25, 0.3) is 11.1 Å². The van der Waals surface area contributed by atoms with E-state index in [0.717, 1.165) is 28.7 Å². The summed E-state index contributed by atoms with van der Waals surface area (Å²) in [4.78, 5) is 0. The highest BCUT2D eigenvalue weighted by atomic mass is 16.4. The van der Waals surface area contributed by atoms with Gasteiger partial charge in [0.15, 0.2) is 0 Å². The van der Waals surface area contributed by atoms with Crippen molar-refractivity contribution in [3.05, 3.63) is 72.8 Å². The van der Waals surface area contributed by atoms with Crippen LogP contribution in [0.3, 0.4) is 0 Å². The van der Waals surface area contributed by atoms with Crippen molar-refractivity contribution in [1.82, 2.24) is 0 Å². The van der Waals surface area contributed by atoms with E-state index >= 15 is 0 Å². The van der Waals surface area contributed by atoms with Gasteiger partial charge < -0.3 is 9.31 Å². The maximum absolute atomic E-state index is 5.38. The monoisotopic (exact) mass is 286 g/mol. The fourth-order valence-electron chi connectivity index (χ4n) is 2.38. The molecule has 0 amide bonds. The molecule has 0 atom stereocenters. The molecule has 0 saturated heterocycles. The predicted molar refractivity (Wildman–Crippen MR) is 92.4 cm³/mol. The maximum Gasteiger partial charge on any atom is 0.374 e. The third-order valence-corrected chi connectivity index (χ3v) is 3.41. The van der Waals surface area contributed by atoms with E-state index in [4.69, 9.17) is 25.4 Å². The summed E-state index contributed by atoms with van der Waals surface area (Å²) in [6.45, 7) is 7.52. The molecule has 0 fully saturated rings. The molecule has 2 aromatic rings. The van der Waals surface area contributed by atoms with Gasteiger partial charge in [-0.05, 0) is 53.8 Å². The van der Waals surface area contributed by atoms with Crippen LogP contribution < -0.4 is 9.31 Å². The second-order valence-electron chi connectivity index (χ2n) is 4.87. The number of hydrogen-bond donors (Lipinski definition) is 0. The van der Waals surface area contributed by atoms with Crippen LogP contribution >= 0.6 is 0 Å². The van der Waals surface area contributed by atoms with Gasteiger partial charge in [0.2, 0.25) is 0 Å². The average molecular weight is 286 g/mol. The largest absolute Gasteiger partial charge is 0.568 e. The van der Waals surface area contributed by atoms with Gasteiger partial charge in [0.25, 0.3) is 0 Å². The van der Waals surface area contributed by atoms with Crippen molar-refractivity contribution in [3.63, 3.8) is 0 Å². The Bertz CT molecular complexity index is 681. The third kappa shape index (κ3) is 3.45. The lowest BCUT2D eigenvalue weighted by atomic mass is 9.97. The Hall–Kier alpha value is -2.35. The van der Waals surface area contributed by atoms with Gasteiger partial charge in [0, 0.05) is 5.56 Å². The van der Waals surface area contributed by atoms with Gasteiger partial charge in [-0.2, -0.15) is 0 Å². The highest BCUT2D eigenvalue weighted by Crippen LogP contribution is 2.34. The van der Waals surface area contributed by atoms with E-state index in [-0.39, 0.29) is 0 Å². The lowest BCUT2D eigenvalue weighted by Gasteiger charge is -2.14. The van der Waals surface area contributed by atoms with Gasteiger partial charge in [-0.25, -0.2) is 0 Å². The Morgan fingerprint density at radius 2 is 1.55 bits per heavy atom. The summed E-state index contributed by atoms with van der Waals surface area (Å²) in [5.74, 6) is 1.24. The molecule has 106 valence electrons. The lowest BCUT2D eigenvalue weighted by Crippen LogP contribution is -1.95. The first kappa shape index (κ1) is 16.0. The lowest BCUT2D eigenvalue weighted by molar-refractivity contribution is 0.607. The van der Waals surface area contributed by atoms with Gasteiger partial charge in [0.1, 0.15) is 11.5 Å². The molecule has 0 bridgehead atoms. The highest BCUT2D eigenvalue weighted by Gasteiger charge is 2.09. The first-order valence-corrected chi connectivity index (χ1v) is 6.95. The van der Waals surface area contributed by atoms with E-state index in [1.807, 2.05) is 42.5 Å². The van der Waals surface area contributed by atoms with Crippen molar-refractivity contribution in [2.75, 3.05) is 0 Å². The zero-order valence-electron chi connectivity index (χ0n) is 12.4. The summed E-state index contributed by atoms with van der Waals surface area (Å²) < 4.78 is 9.88. The van der Waals surface area contributed by atoms with E-state index in [2.05, 4.69) is 13.2 Å². The van der Waals surface area contributed by atoms with Crippen LogP contribution in [-0.4, -0.2) is 16.1 Å². The fourth-order valence-corrected chi connectivity index (χ4v) is 2.38. The standard InChI is InChI=1S/C18H16B2O2/c1-3-5-13-7-9-18(22-20)16(11-13)14-8-10-17(21-19)15(12-14)6-4-2/h3-4,7-12H,1-2,5-6H2. The number of benzene rings is 2. The van der Waals surface area contributed by atoms with Crippen molar-refractivity contribution >= 4 is 16.1 Å². The minimum absolute atomic E-state index is 0.610. The van der Waals surface area contributed by atoms with E-state index in [0.29, 0.717) is 17.9 Å². The normalized spacial score (nSPS) is 10.0. The predicted octanol–water partition coefficient (Wildman–Crippen LogP) is 3.74. The maximum atomic E-state index is 5.38. The fraction of sp³-hybridized carbons (Fsp3) is 0.111. The molecular formula is C18H16B2O2. The van der Waals surface area contributed by atoms with Gasteiger partial charge in [-0.3, -0.25) is 0 Å². The molecular weight excluding hydrogens is 270 g/mol. The van der Waals surface area contributed by atoms with Crippen LogP contribution in [0.4, 0.5) is 0 Å². The minimum Gasteiger partial charge on any atom is -0.568 e.